The summed E-state index contributed by atoms with van der Waals surface area (Å²) in [6.45, 7) is 2.47. The van der Waals surface area contributed by atoms with Crippen LogP contribution >= 0.6 is 22.9 Å². The molecule has 1 fully saturated rings. The SMILES string of the molecule is IN1CCCC(c2ccccc2)C1. The second-order valence-corrected chi connectivity index (χ2v) is 4.98. The fourth-order valence-electron chi connectivity index (χ4n) is 1.93. The van der Waals surface area contributed by atoms with Crippen LogP contribution in [0.4, 0.5) is 0 Å². The molecule has 0 aromatic heterocycles. The molecule has 0 aliphatic carbocycles. The number of halogens is 1. The zero-order valence-corrected chi connectivity index (χ0v) is 9.78. The Bertz CT molecular complexity index is 260. The number of hydrogen-bond acceptors (Lipinski definition) is 1. The molecule has 2 rings (SSSR count). The molecule has 1 aliphatic heterocycles. The van der Waals surface area contributed by atoms with E-state index in [0.717, 1.165) is 5.92 Å². The summed E-state index contributed by atoms with van der Waals surface area (Å²) < 4.78 is 2.40. The molecule has 0 N–H and O–H groups in total. The lowest BCUT2D eigenvalue weighted by Gasteiger charge is -2.28. The van der Waals surface area contributed by atoms with Crippen LogP contribution in [-0.4, -0.2) is 16.2 Å². The maximum absolute atomic E-state index is 2.43. The molecule has 1 nitrogen and oxygen atoms in total. The Morgan fingerprint density at radius 2 is 2.00 bits per heavy atom. The summed E-state index contributed by atoms with van der Waals surface area (Å²) in [5.41, 5.74) is 1.50. The van der Waals surface area contributed by atoms with E-state index in [4.69, 9.17) is 0 Å². The maximum atomic E-state index is 2.43. The molecule has 0 spiro atoms. The van der Waals surface area contributed by atoms with Crippen LogP contribution in [0.5, 0.6) is 0 Å². The van der Waals surface area contributed by atoms with E-state index >= 15 is 0 Å². The maximum Gasteiger partial charge on any atom is 0.0201 e. The number of piperidine rings is 1. The van der Waals surface area contributed by atoms with Crippen LogP contribution in [0, 0.1) is 0 Å². The highest BCUT2D eigenvalue weighted by atomic mass is 127. The van der Waals surface area contributed by atoms with Gasteiger partial charge in [0.15, 0.2) is 0 Å². The van der Waals surface area contributed by atoms with Gasteiger partial charge in [-0.25, -0.2) is 3.11 Å². The van der Waals surface area contributed by atoms with Gasteiger partial charge in [-0.1, -0.05) is 30.3 Å². The van der Waals surface area contributed by atoms with Gasteiger partial charge >= 0.3 is 0 Å². The summed E-state index contributed by atoms with van der Waals surface area (Å²) in [5.74, 6) is 0.756. The predicted molar refractivity (Wildman–Crippen MR) is 64.0 cm³/mol. The highest BCUT2D eigenvalue weighted by molar-refractivity contribution is 14.1. The normalized spacial score (nSPS) is 24.5. The summed E-state index contributed by atoms with van der Waals surface area (Å²) >= 11 is 2.43. The van der Waals surface area contributed by atoms with Crippen LogP contribution in [0.25, 0.3) is 0 Å². The molecule has 0 bridgehead atoms. The first kappa shape index (κ1) is 9.46. The quantitative estimate of drug-likeness (QED) is 0.566. The molecule has 1 saturated heterocycles. The minimum atomic E-state index is 0.756. The second-order valence-electron chi connectivity index (χ2n) is 3.62. The Morgan fingerprint density at radius 1 is 1.23 bits per heavy atom. The summed E-state index contributed by atoms with van der Waals surface area (Å²) in [6.07, 6.45) is 2.69. The predicted octanol–water partition coefficient (Wildman–Crippen LogP) is 3.22. The van der Waals surface area contributed by atoms with Crippen LogP contribution in [0.3, 0.4) is 0 Å². The van der Waals surface area contributed by atoms with E-state index in [1.54, 1.807) is 0 Å². The third-order valence-corrected chi connectivity index (χ3v) is 3.52. The van der Waals surface area contributed by atoms with E-state index in [1.165, 1.54) is 31.5 Å². The molecule has 1 aromatic rings. The molecule has 13 heavy (non-hydrogen) atoms. The van der Waals surface area contributed by atoms with E-state index in [-0.39, 0.29) is 0 Å². The van der Waals surface area contributed by atoms with E-state index in [2.05, 4.69) is 56.3 Å². The molecule has 70 valence electrons. The van der Waals surface area contributed by atoms with Crippen molar-refractivity contribution >= 4 is 22.9 Å². The summed E-state index contributed by atoms with van der Waals surface area (Å²) in [7, 11) is 0. The van der Waals surface area contributed by atoms with Gasteiger partial charge in [0.1, 0.15) is 0 Å². The molecule has 1 aromatic carbocycles. The Labute approximate surface area is 93.6 Å². The van der Waals surface area contributed by atoms with Crippen LogP contribution in [0.15, 0.2) is 30.3 Å². The van der Waals surface area contributed by atoms with E-state index in [0.29, 0.717) is 0 Å². The fraction of sp³-hybridized carbons (Fsp3) is 0.455. The molecular weight excluding hydrogens is 273 g/mol. The molecule has 0 radical (unpaired) electrons. The smallest absolute Gasteiger partial charge is 0.0201 e. The van der Waals surface area contributed by atoms with Crippen LogP contribution in [0.1, 0.15) is 24.3 Å². The lowest BCUT2D eigenvalue weighted by Crippen LogP contribution is -2.26. The fourth-order valence-corrected chi connectivity index (χ4v) is 2.74. The third kappa shape index (κ3) is 2.44. The average molecular weight is 287 g/mol. The van der Waals surface area contributed by atoms with Crippen molar-refractivity contribution in [3.8, 4) is 0 Å². The lowest BCUT2D eigenvalue weighted by molar-refractivity contribution is 0.366. The Balaban J connectivity index is 2.08. The summed E-state index contributed by atoms with van der Waals surface area (Å²) in [4.78, 5) is 0. The summed E-state index contributed by atoms with van der Waals surface area (Å²) in [6, 6.07) is 10.9. The number of rotatable bonds is 1. The van der Waals surface area contributed by atoms with Gasteiger partial charge in [0.2, 0.25) is 0 Å². The number of benzene rings is 1. The average Bonchev–Trinajstić information content (AvgIpc) is 2.19. The van der Waals surface area contributed by atoms with Crippen molar-refractivity contribution in [1.29, 1.82) is 0 Å². The van der Waals surface area contributed by atoms with Crippen LogP contribution < -0.4 is 0 Å². The van der Waals surface area contributed by atoms with Crippen molar-refractivity contribution in [3.63, 3.8) is 0 Å². The van der Waals surface area contributed by atoms with Crippen LogP contribution in [-0.2, 0) is 0 Å². The molecule has 0 amide bonds. The highest BCUT2D eigenvalue weighted by Crippen LogP contribution is 2.27. The van der Waals surface area contributed by atoms with Gasteiger partial charge in [0.25, 0.3) is 0 Å². The molecule has 1 heterocycles. The van der Waals surface area contributed by atoms with Crippen molar-refractivity contribution in [2.75, 3.05) is 13.1 Å². The molecule has 1 atom stereocenters. The minimum Gasteiger partial charge on any atom is -0.247 e. The zero-order valence-electron chi connectivity index (χ0n) is 7.62. The van der Waals surface area contributed by atoms with Gasteiger partial charge in [0.05, 0.1) is 0 Å². The topological polar surface area (TPSA) is 3.24 Å². The highest BCUT2D eigenvalue weighted by Gasteiger charge is 2.18. The van der Waals surface area contributed by atoms with Gasteiger partial charge in [-0.2, -0.15) is 0 Å². The van der Waals surface area contributed by atoms with Crippen molar-refractivity contribution in [3.05, 3.63) is 35.9 Å². The number of nitrogens with zero attached hydrogens (tertiary/aromatic N) is 1. The zero-order chi connectivity index (χ0) is 9.10. The van der Waals surface area contributed by atoms with E-state index < -0.39 is 0 Å². The van der Waals surface area contributed by atoms with Crippen molar-refractivity contribution in [1.82, 2.24) is 3.11 Å². The van der Waals surface area contributed by atoms with Gasteiger partial charge in [-0.3, -0.25) is 0 Å². The summed E-state index contributed by atoms with van der Waals surface area (Å²) in [5, 5.41) is 0. The van der Waals surface area contributed by atoms with Gasteiger partial charge in [-0.05, 0) is 24.3 Å². The molecule has 1 aliphatic rings. The Kier molecular flexibility index (Phi) is 3.22. The minimum absolute atomic E-state index is 0.756. The Morgan fingerprint density at radius 3 is 2.69 bits per heavy atom. The second kappa shape index (κ2) is 4.42. The lowest BCUT2D eigenvalue weighted by atomic mass is 9.92. The first-order chi connectivity index (χ1) is 6.36. The van der Waals surface area contributed by atoms with Crippen molar-refractivity contribution in [2.24, 2.45) is 0 Å². The van der Waals surface area contributed by atoms with E-state index in [1.807, 2.05) is 0 Å². The molecule has 2 heteroatoms. The molecule has 1 unspecified atom stereocenters. The first-order valence-electron chi connectivity index (χ1n) is 4.82. The molecule has 0 saturated carbocycles. The largest absolute Gasteiger partial charge is 0.247 e. The standard InChI is InChI=1S/C11H14IN/c12-13-8-4-7-11(9-13)10-5-2-1-3-6-10/h1-3,5-6,11H,4,7-9H2. The Hall–Kier alpha value is -0.0900. The van der Waals surface area contributed by atoms with Crippen molar-refractivity contribution < 1.29 is 0 Å². The molecular formula is C11H14IN. The van der Waals surface area contributed by atoms with Crippen LogP contribution in [0.2, 0.25) is 0 Å². The number of hydrogen-bond donors (Lipinski definition) is 0. The van der Waals surface area contributed by atoms with Gasteiger partial charge < -0.3 is 0 Å². The van der Waals surface area contributed by atoms with E-state index in [9.17, 15) is 0 Å². The van der Waals surface area contributed by atoms with Gasteiger partial charge in [-0.15, -0.1) is 0 Å². The third-order valence-electron chi connectivity index (χ3n) is 2.64. The van der Waals surface area contributed by atoms with Crippen molar-refractivity contribution in [2.45, 2.75) is 18.8 Å². The van der Waals surface area contributed by atoms with Gasteiger partial charge in [0, 0.05) is 36.0 Å². The monoisotopic (exact) mass is 287 g/mol. The first-order valence-corrected chi connectivity index (χ1v) is 5.78.